The second kappa shape index (κ2) is 9.26. The zero-order chi connectivity index (χ0) is 20.0. The largest absolute Gasteiger partial charge is 0.481 e. The van der Waals surface area contributed by atoms with E-state index in [-0.39, 0.29) is 23.7 Å². The summed E-state index contributed by atoms with van der Waals surface area (Å²) in [5.41, 5.74) is 1.77. The fraction of sp³-hybridized carbons (Fsp3) is 0.550. The van der Waals surface area contributed by atoms with E-state index >= 15 is 0 Å². The van der Waals surface area contributed by atoms with Crippen molar-refractivity contribution < 1.29 is 19.5 Å². The number of carbonyl (C=O) groups excluding carboxylic acids is 2. The van der Waals surface area contributed by atoms with Crippen LogP contribution >= 0.6 is 11.8 Å². The van der Waals surface area contributed by atoms with Crippen LogP contribution in [0.5, 0.6) is 0 Å². The van der Waals surface area contributed by atoms with Crippen molar-refractivity contribution in [2.45, 2.75) is 51.5 Å². The summed E-state index contributed by atoms with van der Waals surface area (Å²) in [5, 5.41) is 11.5. The molecule has 2 amide bonds. The van der Waals surface area contributed by atoms with E-state index in [9.17, 15) is 14.4 Å². The van der Waals surface area contributed by atoms with Gasteiger partial charge in [-0.15, -0.1) is 11.8 Å². The van der Waals surface area contributed by atoms with Crippen molar-refractivity contribution in [3.05, 3.63) is 35.4 Å². The highest BCUT2D eigenvalue weighted by Gasteiger charge is 2.35. The summed E-state index contributed by atoms with van der Waals surface area (Å²) in [4.78, 5) is 37.4. The average molecular weight is 393 g/mol. The first-order valence-corrected chi connectivity index (χ1v) is 10.3. The van der Waals surface area contributed by atoms with Gasteiger partial charge in [0.1, 0.15) is 6.04 Å². The van der Waals surface area contributed by atoms with E-state index in [4.69, 9.17) is 5.11 Å². The molecule has 1 unspecified atom stereocenters. The van der Waals surface area contributed by atoms with Gasteiger partial charge in [0.2, 0.25) is 5.91 Å². The highest BCUT2D eigenvalue weighted by molar-refractivity contribution is 7.99. The normalized spacial score (nSPS) is 17.0. The molecule has 7 heteroatoms. The number of nitrogens with one attached hydrogen (secondary N) is 1. The molecular formula is C20H28N2O4S. The predicted molar refractivity (Wildman–Crippen MR) is 107 cm³/mol. The van der Waals surface area contributed by atoms with Crippen molar-refractivity contribution in [2.75, 3.05) is 18.2 Å². The van der Waals surface area contributed by atoms with E-state index in [1.807, 2.05) is 24.3 Å². The number of carbonyl (C=O) groups is 3. The summed E-state index contributed by atoms with van der Waals surface area (Å²) in [6.07, 6.45) is 1.24. The third-order valence-corrected chi connectivity index (χ3v) is 5.57. The Morgan fingerprint density at radius 1 is 1.19 bits per heavy atom. The highest BCUT2D eigenvalue weighted by atomic mass is 32.2. The quantitative estimate of drug-likeness (QED) is 0.697. The Morgan fingerprint density at radius 3 is 2.44 bits per heavy atom. The Bertz CT molecular complexity index is 682. The molecule has 1 aliphatic rings. The van der Waals surface area contributed by atoms with Gasteiger partial charge in [-0.25, -0.2) is 0 Å². The van der Waals surface area contributed by atoms with Gasteiger partial charge in [0.05, 0.1) is 5.88 Å². The van der Waals surface area contributed by atoms with Crippen molar-refractivity contribution in [3.8, 4) is 0 Å². The van der Waals surface area contributed by atoms with Crippen molar-refractivity contribution in [1.29, 1.82) is 0 Å². The molecule has 1 atom stereocenters. The van der Waals surface area contributed by atoms with Crippen LogP contribution in [0.25, 0.3) is 0 Å². The van der Waals surface area contributed by atoms with Crippen LogP contribution in [-0.2, 0) is 15.0 Å². The maximum absolute atomic E-state index is 12.8. The molecule has 0 bridgehead atoms. The van der Waals surface area contributed by atoms with Gasteiger partial charge in [-0.2, -0.15) is 0 Å². The number of carboxylic acid groups (broad SMARTS) is 1. The van der Waals surface area contributed by atoms with Gasteiger partial charge in [-0.3, -0.25) is 14.4 Å². The van der Waals surface area contributed by atoms with Crippen LogP contribution < -0.4 is 5.32 Å². The summed E-state index contributed by atoms with van der Waals surface area (Å²) in [6.45, 7) is 6.79. The van der Waals surface area contributed by atoms with Crippen molar-refractivity contribution in [3.63, 3.8) is 0 Å². The first kappa shape index (κ1) is 21.3. The minimum Gasteiger partial charge on any atom is -0.481 e. The van der Waals surface area contributed by atoms with Crippen LogP contribution in [0, 0.1) is 0 Å². The molecule has 0 aromatic heterocycles. The van der Waals surface area contributed by atoms with E-state index < -0.39 is 12.0 Å². The fourth-order valence-electron chi connectivity index (χ4n) is 2.87. The number of nitrogens with zero attached hydrogens (tertiary/aromatic N) is 1. The summed E-state index contributed by atoms with van der Waals surface area (Å²) in [5.74, 6) is -0.0618. The lowest BCUT2D eigenvalue weighted by Crippen LogP contribution is -2.47. The zero-order valence-corrected chi connectivity index (χ0v) is 17.0. The predicted octanol–water partition coefficient (Wildman–Crippen LogP) is 2.87. The van der Waals surface area contributed by atoms with Crippen LogP contribution in [0.1, 0.15) is 56.0 Å². The molecule has 6 nitrogen and oxygen atoms in total. The number of hydrogen-bond acceptors (Lipinski definition) is 4. The Balaban J connectivity index is 1.93. The lowest BCUT2D eigenvalue weighted by Gasteiger charge is -2.24. The minimum absolute atomic E-state index is 0.0220. The van der Waals surface area contributed by atoms with Gasteiger partial charge in [-0.05, 0) is 36.0 Å². The second-order valence-electron chi connectivity index (χ2n) is 7.76. The van der Waals surface area contributed by atoms with Crippen molar-refractivity contribution in [2.24, 2.45) is 0 Å². The van der Waals surface area contributed by atoms with Gasteiger partial charge in [0, 0.05) is 24.3 Å². The van der Waals surface area contributed by atoms with Crippen LogP contribution in [0.3, 0.4) is 0 Å². The third kappa shape index (κ3) is 5.99. The lowest BCUT2D eigenvalue weighted by molar-refractivity contribution is -0.137. The number of aliphatic carboxylic acids is 1. The first-order chi connectivity index (χ1) is 12.7. The average Bonchev–Trinajstić information content (AvgIpc) is 3.09. The summed E-state index contributed by atoms with van der Waals surface area (Å²) in [6, 6.07) is 7.10. The van der Waals surface area contributed by atoms with Gasteiger partial charge >= 0.3 is 5.97 Å². The van der Waals surface area contributed by atoms with Crippen LogP contribution in [0.15, 0.2) is 24.3 Å². The molecule has 1 heterocycles. The number of rotatable bonds is 7. The van der Waals surface area contributed by atoms with Crippen molar-refractivity contribution in [1.82, 2.24) is 10.2 Å². The molecule has 2 N–H and O–H groups in total. The van der Waals surface area contributed by atoms with E-state index in [0.717, 1.165) is 5.56 Å². The summed E-state index contributed by atoms with van der Waals surface area (Å²) >= 11 is 1.56. The molecule has 1 aromatic rings. The van der Waals surface area contributed by atoms with Gasteiger partial charge in [0.15, 0.2) is 0 Å². The monoisotopic (exact) mass is 392 g/mol. The fourth-order valence-corrected chi connectivity index (χ4v) is 4.02. The third-order valence-electron chi connectivity index (χ3n) is 4.56. The molecule has 1 aliphatic heterocycles. The topological polar surface area (TPSA) is 86.7 Å². The lowest BCUT2D eigenvalue weighted by atomic mass is 9.86. The standard InChI is InChI=1S/C20H28N2O4S/c1-20(2,3)15-9-7-14(8-10-15)19(26)22-13-27-12-16(22)18(25)21-11-5-4-6-17(23)24/h7-10,16H,4-6,11-13H2,1-3H3,(H,21,25)(H,23,24). The maximum atomic E-state index is 12.8. The molecule has 0 aliphatic carbocycles. The molecule has 0 radical (unpaired) electrons. The number of thioether (sulfide) groups is 1. The van der Waals surface area contributed by atoms with Crippen LogP contribution in [0.4, 0.5) is 0 Å². The Labute approximate surface area is 164 Å². The van der Waals surface area contributed by atoms with E-state index in [1.54, 1.807) is 16.7 Å². The smallest absolute Gasteiger partial charge is 0.303 e. The molecule has 27 heavy (non-hydrogen) atoms. The van der Waals surface area contributed by atoms with Crippen LogP contribution in [-0.4, -0.2) is 52.0 Å². The number of hydrogen-bond donors (Lipinski definition) is 2. The molecule has 0 spiro atoms. The van der Waals surface area contributed by atoms with E-state index in [2.05, 4.69) is 26.1 Å². The Hall–Kier alpha value is -2.02. The van der Waals surface area contributed by atoms with E-state index in [1.165, 1.54) is 0 Å². The first-order valence-electron chi connectivity index (χ1n) is 9.19. The minimum atomic E-state index is -0.831. The molecule has 148 valence electrons. The summed E-state index contributed by atoms with van der Waals surface area (Å²) in [7, 11) is 0. The molecule has 1 saturated heterocycles. The Kier molecular flexibility index (Phi) is 7.30. The number of unbranched alkanes of at least 4 members (excludes halogenated alkanes) is 1. The highest BCUT2D eigenvalue weighted by Crippen LogP contribution is 2.26. The van der Waals surface area contributed by atoms with E-state index in [0.29, 0.717) is 36.6 Å². The number of amides is 2. The zero-order valence-electron chi connectivity index (χ0n) is 16.2. The number of benzene rings is 1. The van der Waals surface area contributed by atoms with Crippen molar-refractivity contribution >= 4 is 29.5 Å². The second-order valence-corrected chi connectivity index (χ2v) is 8.76. The molecule has 1 fully saturated rings. The number of carboxylic acids is 1. The molecule has 2 rings (SSSR count). The maximum Gasteiger partial charge on any atom is 0.303 e. The Morgan fingerprint density at radius 2 is 1.85 bits per heavy atom. The van der Waals surface area contributed by atoms with Gasteiger partial charge in [0.25, 0.3) is 5.91 Å². The molecule has 0 saturated carbocycles. The van der Waals surface area contributed by atoms with Gasteiger partial charge in [-0.1, -0.05) is 32.9 Å². The molecular weight excluding hydrogens is 364 g/mol. The van der Waals surface area contributed by atoms with Crippen LogP contribution in [0.2, 0.25) is 0 Å². The molecule has 1 aromatic carbocycles. The SMILES string of the molecule is CC(C)(C)c1ccc(C(=O)N2CSCC2C(=O)NCCCCC(=O)O)cc1. The summed E-state index contributed by atoms with van der Waals surface area (Å²) < 4.78 is 0. The van der Waals surface area contributed by atoms with Gasteiger partial charge < -0.3 is 15.3 Å².